The number of ether oxygens (including phenoxy) is 1. The molecular formula is C27H28FN5O2S. The molecule has 7 nitrogen and oxygen atoms in total. The van der Waals surface area contributed by atoms with Crippen LogP contribution >= 0.6 is 11.3 Å². The maximum Gasteiger partial charge on any atom is 0.274 e. The average Bonchev–Trinajstić information content (AvgIpc) is 3.60. The minimum Gasteiger partial charge on any atom is -0.491 e. The van der Waals surface area contributed by atoms with Crippen molar-refractivity contribution in [1.82, 2.24) is 14.5 Å². The van der Waals surface area contributed by atoms with Crippen LogP contribution in [0.5, 0.6) is 5.75 Å². The molecule has 4 heterocycles. The van der Waals surface area contributed by atoms with Crippen molar-refractivity contribution in [3.05, 3.63) is 89.2 Å². The Morgan fingerprint density at radius 3 is 2.86 bits per heavy atom. The van der Waals surface area contributed by atoms with Crippen molar-refractivity contribution >= 4 is 28.1 Å². The molecule has 1 aromatic carbocycles. The maximum absolute atomic E-state index is 13.5. The molecule has 1 fully saturated rings. The Bertz CT molecular complexity index is 1330. The molecule has 0 unspecified atom stereocenters. The monoisotopic (exact) mass is 505 g/mol. The highest BCUT2D eigenvalue weighted by Gasteiger charge is 2.28. The van der Waals surface area contributed by atoms with Crippen LogP contribution in [-0.4, -0.2) is 33.1 Å². The van der Waals surface area contributed by atoms with E-state index in [1.807, 2.05) is 31.4 Å². The summed E-state index contributed by atoms with van der Waals surface area (Å²) in [6, 6.07) is 15.0. The maximum atomic E-state index is 13.5. The molecule has 1 saturated heterocycles. The van der Waals surface area contributed by atoms with E-state index in [0.29, 0.717) is 17.4 Å². The van der Waals surface area contributed by atoms with Gasteiger partial charge in [-0.05, 0) is 80.8 Å². The summed E-state index contributed by atoms with van der Waals surface area (Å²) in [6.07, 6.45) is 5.45. The Kier molecular flexibility index (Phi) is 6.99. The van der Waals surface area contributed by atoms with Crippen LogP contribution in [0.15, 0.2) is 66.3 Å². The smallest absolute Gasteiger partial charge is 0.274 e. The van der Waals surface area contributed by atoms with Gasteiger partial charge in [-0.2, -0.15) is 4.39 Å². The Hall–Kier alpha value is -3.72. The number of hydrogen-bond acceptors (Lipinski definition) is 6. The van der Waals surface area contributed by atoms with Crippen LogP contribution in [0.2, 0.25) is 0 Å². The van der Waals surface area contributed by atoms with Crippen LogP contribution < -0.4 is 15.0 Å². The summed E-state index contributed by atoms with van der Waals surface area (Å²) in [7, 11) is 0. The number of hydrogen-bond donors (Lipinski definition) is 1. The number of anilines is 2. The van der Waals surface area contributed by atoms with Crippen LogP contribution in [0.1, 0.15) is 54.5 Å². The van der Waals surface area contributed by atoms with Crippen molar-refractivity contribution in [2.75, 3.05) is 16.8 Å². The lowest BCUT2D eigenvalue weighted by molar-refractivity contribution is 0.101. The highest BCUT2D eigenvalue weighted by molar-refractivity contribution is 7.14. The lowest BCUT2D eigenvalue weighted by atomic mass is 10.1. The Morgan fingerprint density at radius 2 is 2.08 bits per heavy atom. The summed E-state index contributed by atoms with van der Waals surface area (Å²) in [5, 5.41) is 5.51. The van der Waals surface area contributed by atoms with Crippen LogP contribution in [0.4, 0.5) is 15.2 Å². The van der Waals surface area contributed by atoms with E-state index in [4.69, 9.17) is 9.72 Å². The van der Waals surface area contributed by atoms with Crippen molar-refractivity contribution in [2.24, 2.45) is 0 Å². The first-order valence-electron chi connectivity index (χ1n) is 12.0. The lowest BCUT2D eigenvalue weighted by Crippen LogP contribution is -2.23. The van der Waals surface area contributed by atoms with Gasteiger partial charge >= 0.3 is 0 Å². The minimum absolute atomic E-state index is 0.139. The van der Waals surface area contributed by atoms with Gasteiger partial charge in [-0.15, -0.1) is 11.3 Å². The second-order valence-corrected chi connectivity index (χ2v) is 9.91. The van der Waals surface area contributed by atoms with E-state index in [2.05, 4.69) is 27.3 Å². The molecule has 0 bridgehead atoms. The quantitative estimate of drug-likeness (QED) is 0.302. The molecule has 5 rings (SSSR count). The SMILES string of the molecule is CC(C)Oc1ccc(N2CCC[C@@H]2c2csc(NC(=O)c3cccn3Cc3ccnc(F)c3)n2)cc1. The molecule has 0 saturated carbocycles. The second-order valence-electron chi connectivity index (χ2n) is 9.05. The molecular weight excluding hydrogens is 477 g/mol. The highest BCUT2D eigenvalue weighted by atomic mass is 32.1. The molecule has 0 aliphatic carbocycles. The normalized spacial score (nSPS) is 15.4. The molecule has 1 aliphatic rings. The molecule has 36 heavy (non-hydrogen) atoms. The van der Waals surface area contributed by atoms with Gasteiger partial charge < -0.3 is 14.2 Å². The zero-order valence-electron chi connectivity index (χ0n) is 20.2. The van der Waals surface area contributed by atoms with E-state index in [-0.39, 0.29) is 18.1 Å². The zero-order chi connectivity index (χ0) is 25.1. The van der Waals surface area contributed by atoms with Crippen LogP contribution in [-0.2, 0) is 6.54 Å². The first kappa shape index (κ1) is 24.0. The van der Waals surface area contributed by atoms with Gasteiger partial charge in [0.05, 0.1) is 17.8 Å². The summed E-state index contributed by atoms with van der Waals surface area (Å²) in [5.41, 5.74) is 3.31. The fourth-order valence-corrected chi connectivity index (χ4v) is 5.28. The van der Waals surface area contributed by atoms with Crippen molar-refractivity contribution < 1.29 is 13.9 Å². The molecule has 186 valence electrons. The number of aromatic nitrogens is 3. The van der Waals surface area contributed by atoms with E-state index >= 15 is 0 Å². The van der Waals surface area contributed by atoms with Gasteiger partial charge in [-0.3, -0.25) is 10.1 Å². The zero-order valence-corrected chi connectivity index (χ0v) is 21.0. The first-order valence-corrected chi connectivity index (χ1v) is 12.9. The van der Waals surface area contributed by atoms with Crippen LogP contribution in [0.25, 0.3) is 0 Å². The number of halogens is 1. The number of carbonyl (C=O) groups excluding carboxylic acids is 1. The van der Waals surface area contributed by atoms with Crippen molar-refractivity contribution in [3.63, 3.8) is 0 Å². The molecule has 9 heteroatoms. The van der Waals surface area contributed by atoms with E-state index in [9.17, 15) is 9.18 Å². The number of thiazole rings is 1. The van der Waals surface area contributed by atoms with Gasteiger partial charge in [-0.25, -0.2) is 9.97 Å². The Balaban J connectivity index is 1.26. The van der Waals surface area contributed by atoms with Crippen molar-refractivity contribution in [3.8, 4) is 5.75 Å². The predicted octanol–water partition coefficient (Wildman–Crippen LogP) is 5.91. The second kappa shape index (κ2) is 10.5. The number of nitrogens with one attached hydrogen (secondary N) is 1. The summed E-state index contributed by atoms with van der Waals surface area (Å²) in [5.74, 6) is 0.0724. The number of nitrogens with zero attached hydrogens (tertiary/aromatic N) is 4. The van der Waals surface area contributed by atoms with E-state index < -0.39 is 5.95 Å². The molecule has 0 spiro atoms. The summed E-state index contributed by atoms with van der Waals surface area (Å²) in [6.45, 7) is 5.36. The van der Waals surface area contributed by atoms with Gasteiger partial charge in [0.1, 0.15) is 11.4 Å². The van der Waals surface area contributed by atoms with E-state index in [1.165, 1.54) is 23.6 Å². The first-order chi connectivity index (χ1) is 17.5. The van der Waals surface area contributed by atoms with Crippen molar-refractivity contribution in [1.29, 1.82) is 0 Å². The molecule has 3 aromatic heterocycles. The number of amides is 1. The van der Waals surface area contributed by atoms with Gasteiger partial charge in [0, 0.05) is 36.6 Å². The number of carbonyl (C=O) groups is 1. The average molecular weight is 506 g/mol. The molecule has 1 atom stereocenters. The van der Waals surface area contributed by atoms with Gasteiger partial charge in [0.15, 0.2) is 5.13 Å². The Labute approximate surface area is 213 Å². The van der Waals surface area contributed by atoms with Crippen LogP contribution in [0, 0.1) is 5.95 Å². The summed E-state index contributed by atoms with van der Waals surface area (Å²) >= 11 is 1.42. The highest BCUT2D eigenvalue weighted by Crippen LogP contribution is 2.37. The fraction of sp³-hybridized carbons (Fsp3) is 0.296. The number of pyridine rings is 1. The van der Waals surface area contributed by atoms with E-state index in [0.717, 1.165) is 42.1 Å². The number of benzene rings is 1. The molecule has 1 aliphatic heterocycles. The van der Waals surface area contributed by atoms with Gasteiger partial charge in [-0.1, -0.05) is 0 Å². The van der Waals surface area contributed by atoms with Gasteiger partial charge in [0.2, 0.25) is 5.95 Å². The topological polar surface area (TPSA) is 72.3 Å². The Morgan fingerprint density at radius 1 is 1.25 bits per heavy atom. The molecule has 4 aromatic rings. The third kappa shape index (κ3) is 5.41. The fourth-order valence-electron chi connectivity index (χ4n) is 4.53. The summed E-state index contributed by atoms with van der Waals surface area (Å²) < 4.78 is 21.0. The minimum atomic E-state index is -0.540. The molecule has 1 amide bonds. The van der Waals surface area contributed by atoms with Crippen molar-refractivity contribution in [2.45, 2.75) is 45.4 Å². The largest absolute Gasteiger partial charge is 0.491 e. The molecule has 0 radical (unpaired) electrons. The molecule has 1 N–H and O–H groups in total. The third-order valence-corrected chi connectivity index (χ3v) is 6.86. The van der Waals surface area contributed by atoms with E-state index in [1.54, 1.807) is 29.0 Å². The lowest BCUT2D eigenvalue weighted by Gasteiger charge is -2.26. The predicted molar refractivity (Wildman–Crippen MR) is 139 cm³/mol. The number of rotatable bonds is 8. The van der Waals surface area contributed by atoms with Gasteiger partial charge in [0.25, 0.3) is 5.91 Å². The standard InChI is InChI=1S/C27H28FN5O2S/c1-18(2)35-21-9-7-20(8-10-21)33-14-4-5-23(33)22-17-36-27(30-22)31-26(34)24-6-3-13-32(24)16-19-11-12-29-25(28)15-19/h3,6-13,15,17-18,23H,4-5,14,16H2,1-2H3,(H,30,31,34)/t23-/m1/s1. The summed E-state index contributed by atoms with van der Waals surface area (Å²) in [4.78, 5) is 23.7. The van der Waals surface area contributed by atoms with Crippen LogP contribution in [0.3, 0.4) is 0 Å². The third-order valence-electron chi connectivity index (χ3n) is 6.08.